The maximum absolute atomic E-state index is 12.6. The molecule has 4 rings (SSSR count). The number of aromatic nitrogens is 1. The highest BCUT2D eigenvalue weighted by molar-refractivity contribution is 5.81. The van der Waals surface area contributed by atoms with Crippen molar-refractivity contribution >= 4 is 5.91 Å². The summed E-state index contributed by atoms with van der Waals surface area (Å²) in [4.78, 5) is 21.2. The minimum absolute atomic E-state index is 0.270. The molecule has 0 aromatic carbocycles. The number of ether oxygens (including phenoxy) is 1. The Labute approximate surface area is 137 Å². The van der Waals surface area contributed by atoms with Gasteiger partial charge in [0.05, 0.1) is 18.8 Å². The van der Waals surface area contributed by atoms with Crippen molar-refractivity contribution in [1.29, 1.82) is 0 Å². The average Bonchev–Trinajstić information content (AvgIpc) is 3.32. The van der Waals surface area contributed by atoms with Crippen LogP contribution < -0.4 is 0 Å². The van der Waals surface area contributed by atoms with Crippen LogP contribution in [0.4, 0.5) is 0 Å². The Morgan fingerprint density at radius 2 is 2.13 bits per heavy atom. The second-order valence-corrected chi connectivity index (χ2v) is 7.19. The van der Waals surface area contributed by atoms with Gasteiger partial charge in [-0.3, -0.25) is 14.7 Å². The molecule has 0 unspecified atom stereocenters. The molecule has 1 aromatic heterocycles. The van der Waals surface area contributed by atoms with Crippen molar-refractivity contribution in [3.05, 3.63) is 30.1 Å². The molecule has 3 heterocycles. The normalized spacial score (nSPS) is 34.0. The standard InChI is InChI=1S/C18H25N3O2/c1-13-10-15(13)18(22)21-7-4-17-16(12-21)20(8-9-23-17)11-14-2-5-19-6-3-14/h2-3,5-6,13,15-17H,4,7-12H2,1H3/t13-,15+,16+,17+/m1/s1. The molecule has 0 spiro atoms. The molecule has 3 fully saturated rings. The number of hydrogen-bond donors (Lipinski definition) is 0. The summed E-state index contributed by atoms with van der Waals surface area (Å²) < 4.78 is 5.98. The van der Waals surface area contributed by atoms with Gasteiger partial charge in [-0.1, -0.05) is 6.92 Å². The zero-order valence-electron chi connectivity index (χ0n) is 13.7. The first-order valence-corrected chi connectivity index (χ1v) is 8.75. The predicted molar refractivity (Wildman–Crippen MR) is 86.6 cm³/mol. The summed E-state index contributed by atoms with van der Waals surface area (Å²) in [6, 6.07) is 4.47. The Morgan fingerprint density at radius 1 is 1.35 bits per heavy atom. The summed E-state index contributed by atoms with van der Waals surface area (Å²) in [7, 11) is 0. The van der Waals surface area contributed by atoms with Gasteiger partial charge in [-0.05, 0) is 36.5 Å². The number of fused-ring (bicyclic) bond motifs is 1. The Morgan fingerprint density at radius 3 is 2.87 bits per heavy atom. The number of nitrogens with zero attached hydrogens (tertiary/aromatic N) is 3. The van der Waals surface area contributed by atoms with Crippen LogP contribution in [0.3, 0.4) is 0 Å². The molecule has 1 saturated carbocycles. The molecule has 124 valence electrons. The lowest BCUT2D eigenvalue weighted by Gasteiger charge is -2.47. The number of carbonyl (C=O) groups excluding carboxylic acids is 1. The third-order valence-corrected chi connectivity index (χ3v) is 5.57. The Balaban J connectivity index is 1.44. The van der Waals surface area contributed by atoms with Gasteiger partial charge in [0, 0.05) is 44.5 Å². The van der Waals surface area contributed by atoms with E-state index in [9.17, 15) is 4.79 Å². The van der Waals surface area contributed by atoms with E-state index in [0.29, 0.717) is 17.9 Å². The predicted octanol–water partition coefficient (Wildman–Crippen LogP) is 1.54. The van der Waals surface area contributed by atoms with Crippen molar-refractivity contribution < 1.29 is 9.53 Å². The number of morpholine rings is 1. The highest BCUT2D eigenvalue weighted by Gasteiger charge is 2.45. The smallest absolute Gasteiger partial charge is 0.226 e. The summed E-state index contributed by atoms with van der Waals surface area (Å²) in [6.07, 6.45) is 5.99. The zero-order valence-corrected chi connectivity index (χ0v) is 13.7. The van der Waals surface area contributed by atoms with E-state index in [1.807, 2.05) is 12.4 Å². The first-order valence-electron chi connectivity index (χ1n) is 8.75. The third kappa shape index (κ3) is 3.12. The number of likely N-dealkylation sites (tertiary alicyclic amines) is 1. The molecule has 0 bridgehead atoms. The average molecular weight is 315 g/mol. The van der Waals surface area contributed by atoms with Crippen LogP contribution in [-0.4, -0.2) is 59.1 Å². The highest BCUT2D eigenvalue weighted by Crippen LogP contribution is 2.40. The number of rotatable bonds is 3. The first kappa shape index (κ1) is 15.1. The molecule has 5 heteroatoms. The molecule has 4 atom stereocenters. The molecule has 1 amide bonds. The maximum atomic E-state index is 12.6. The summed E-state index contributed by atoms with van der Waals surface area (Å²) in [5.41, 5.74) is 1.28. The Hall–Kier alpha value is -1.46. The van der Waals surface area contributed by atoms with E-state index in [4.69, 9.17) is 4.74 Å². The van der Waals surface area contributed by atoms with Crippen molar-refractivity contribution in [3.8, 4) is 0 Å². The van der Waals surface area contributed by atoms with Gasteiger partial charge in [0.25, 0.3) is 0 Å². The van der Waals surface area contributed by atoms with Crippen molar-refractivity contribution in [2.75, 3.05) is 26.2 Å². The van der Waals surface area contributed by atoms with E-state index in [1.165, 1.54) is 5.56 Å². The van der Waals surface area contributed by atoms with Gasteiger partial charge < -0.3 is 9.64 Å². The van der Waals surface area contributed by atoms with Crippen LogP contribution in [0.1, 0.15) is 25.3 Å². The molecule has 3 aliphatic rings. The monoisotopic (exact) mass is 315 g/mol. The minimum atomic E-state index is 0.270. The molecule has 0 N–H and O–H groups in total. The van der Waals surface area contributed by atoms with Crippen LogP contribution in [-0.2, 0) is 16.1 Å². The maximum Gasteiger partial charge on any atom is 0.226 e. The van der Waals surface area contributed by atoms with Gasteiger partial charge in [0.2, 0.25) is 5.91 Å². The molecule has 1 aliphatic carbocycles. The lowest BCUT2D eigenvalue weighted by atomic mass is 9.97. The van der Waals surface area contributed by atoms with Crippen molar-refractivity contribution in [2.24, 2.45) is 11.8 Å². The van der Waals surface area contributed by atoms with Gasteiger partial charge in [0.15, 0.2) is 0 Å². The lowest BCUT2D eigenvalue weighted by molar-refractivity contribution is -0.145. The van der Waals surface area contributed by atoms with Crippen molar-refractivity contribution in [1.82, 2.24) is 14.8 Å². The molecule has 2 aliphatic heterocycles. The molecule has 5 nitrogen and oxygen atoms in total. The highest BCUT2D eigenvalue weighted by atomic mass is 16.5. The minimum Gasteiger partial charge on any atom is -0.375 e. The van der Waals surface area contributed by atoms with Crippen LogP contribution in [0.15, 0.2) is 24.5 Å². The van der Waals surface area contributed by atoms with Gasteiger partial charge in [-0.15, -0.1) is 0 Å². The summed E-state index contributed by atoms with van der Waals surface area (Å²) in [6.45, 7) is 6.49. The molecular weight excluding hydrogens is 290 g/mol. The van der Waals surface area contributed by atoms with E-state index in [1.54, 1.807) is 0 Å². The van der Waals surface area contributed by atoms with Crippen LogP contribution in [0.25, 0.3) is 0 Å². The topological polar surface area (TPSA) is 45.7 Å². The fraction of sp³-hybridized carbons (Fsp3) is 0.667. The van der Waals surface area contributed by atoms with Gasteiger partial charge in [-0.2, -0.15) is 0 Å². The van der Waals surface area contributed by atoms with Gasteiger partial charge >= 0.3 is 0 Å². The molecule has 1 aromatic rings. The third-order valence-electron chi connectivity index (χ3n) is 5.57. The first-order chi connectivity index (χ1) is 11.2. The van der Waals surface area contributed by atoms with E-state index in [2.05, 4.69) is 33.8 Å². The number of hydrogen-bond acceptors (Lipinski definition) is 4. The van der Waals surface area contributed by atoms with Crippen LogP contribution >= 0.6 is 0 Å². The molecule has 23 heavy (non-hydrogen) atoms. The van der Waals surface area contributed by atoms with Crippen LogP contribution in [0.5, 0.6) is 0 Å². The molecular formula is C18H25N3O2. The Bertz CT molecular complexity index is 565. The van der Waals surface area contributed by atoms with Crippen molar-refractivity contribution in [2.45, 2.75) is 38.5 Å². The van der Waals surface area contributed by atoms with E-state index in [0.717, 1.165) is 45.6 Å². The van der Waals surface area contributed by atoms with E-state index in [-0.39, 0.29) is 12.0 Å². The van der Waals surface area contributed by atoms with E-state index < -0.39 is 0 Å². The van der Waals surface area contributed by atoms with E-state index >= 15 is 0 Å². The fourth-order valence-corrected chi connectivity index (χ4v) is 3.96. The quantitative estimate of drug-likeness (QED) is 0.849. The fourth-order valence-electron chi connectivity index (χ4n) is 3.96. The number of pyridine rings is 1. The van der Waals surface area contributed by atoms with Gasteiger partial charge in [0.1, 0.15) is 0 Å². The number of piperidine rings is 1. The zero-order chi connectivity index (χ0) is 15.8. The largest absolute Gasteiger partial charge is 0.375 e. The van der Waals surface area contributed by atoms with Gasteiger partial charge in [-0.25, -0.2) is 0 Å². The van der Waals surface area contributed by atoms with Crippen LogP contribution in [0.2, 0.25) is 0 Å². The number of carbonyl (C=O) groups is 1. The summed E-state index contributed by atoms with van der Waals surface area (Å²) in [5, 5.41) is 0. The molecule has 0 radical (unpaired) electrons. The lowest BCUT2D eigenvalue weighted by Crippen LogP contribution is -2.60. The van der Waals surface area contributed by atoms with Crippen LogP contribution in [0, 0.1) is 11.8 Å². The number of amides is 1. The van der Waals surface area contributed by atoms with Crippen molar-refractivity contribution in [3.63, 3.8) is 0 Å². The Kier molecular flexibility index (Phi) is 4.07. The molecule has 2 saturated heterocycles. The summed E-state index contributed by atoms with van der Waals surface area (Å²) >= 11 is 0. The SMILES string of the molecule is C[C@@H]1C[C@@H]1C(=O)N1CC[C@@H]2OCCN(Cc3ccncc3)[C@H]2C1. The second-order valence-electron chi connectivity index (χ2n) is 7.19. The second kappa shape index (κ2) is 6.21. The summed E-state index contributed by atoms with van der Waals surface area (Å²) in [5.74, 6) is 1.23.